The van der Waals surface area contributed by atoms with Gasteiger partial charge in [0.25, 0.3) is 0 Å². The maximum Gasteiger partial charge on any atom is 0.457 e. The Morgan fingerprint density at radius 2 is 1.88 bits per heavy atom. The lowest BCUT2D eigenvalue weighted by Crippen LogP contribution is -2.38. The second-order valence-electron chi connectivity index (χ2n) is 0.928. The lowest BCUT2D eigenvalue weighted by Gasteiger charge is -2.03. The van der Waals surface area contributed by atoms with Crippen LogP contribution in [0.5, 0.6) is 0 Å². The number of nitrogens with one attached hydrogen (secondary N) is 1. The van der Waals surface area contributed by atoms with Crippen molar-refractivity contribution < 1.29 is 9.90 Å². The van der Waals surface area contributed by atoms with Gasteiger partial charge in [-0.05, 0) is 0 Å². The van der Waals surface area contributed by atoms with Crippen LogP contribution in [0.2, 0.25) is 0 Å². The van der Waals surface area contributed by atoms with Crippen LogP contribution < -0.4 is 4.98 Å². The highest BCUT2D eigenvalue weighted by molar-refractivity contribution is 7.64. The molecule has 1 amide bonds. The summed E-state index contributed by atoms with van der Waals surface area (Å²) in [5, 5.41) is 7.92. The van der Waals surface area contributed by atoms with Crippen molar-refractivity contribution in [2.45, 2.75) is 0 Å². The van der Waals surface area contributed by atoms with Crippen molar-refractivity contribution in [1.82, 2.24) is 4.98 Å². The number of hydrogen-bond acceptors (Lipinski definition) is 1. The summed E-state index contributed by atoms with van der Waals surface area (Å²) < 4.78 is 0. The van der Waals surface area contributed by atoms with Gasteiger partial charge in [0.05, 0.1) is 0 Å². The first-order chi connectivity index (χ1) is 3.42. The molecule has 0 aromatic rings. The Hall–Kier alpha value is 0.357. The number of amides is 1. The van der Waals surface area contributed by atoms with Gasteiger partial charge in [0.2, 0.25) is 0 Å². The molecule has 0 aromatic carbocycles. The minimum absolute atomic E-state index is 1.31. The van der Waals surface area contributed by atoms with E-state index in [4.69, 9.17) is 38.3 Å². The van der Waals surface area contributed by atoms with Crippen LogP contribution in [0.25, 0.3) is 0 Å². The molecular formula is CH2Cl3NO2Si. The molecule has 0 heterocycles. The van der Waals surface area contributed by atoms with Crippen molar-refractivity contribution >= 4 is 45.5 Å². The molecule has 0 rings (SSSR count). The molecule has 7 heteroatoms. The van der Waals surface area contributed by atoms with E-state index in [-0.39, 0.29) is 0 Å². The quantitative estimate of drug-likeness (QED) is 0.490. The Bertz CT molecular complexity index is 99.9. The summed E-state index contributed by atoms with van der Waals surface area (Å²) in [5.41, 5.74) is 0. The van der Waals surface area contributed by atoms with Gasteiger partial charge in [0.1, 0.15) is 0 Å². The predicted molar refractivity (Wildman–Crippen MR) is 34.5 cm³/mol. The lowest BCUT2D eigenvalue weighted by atomic mass is 11.3. The number of halogens is 3. The van der Waals surface area contributed by atoms with E-state index in [2.05, 4.69) is 0 Å². The van der Waals surface area contributed by atoms with Crippen molar-refractivity contribution in [3.05, 3.63) is 0 Å². The monoisotopic (exact) mass is 193 g/mol. The first kappa shape index (κ1) is 8.36. The molecule has 8 heavy (non-hydrogen) atoms. The maximum absolute atomic E-state index is 9.69. The van der Waals surface area contributed by atoms with E-state index in [1.54, 1.807) is 4.98 Å². The minimum Gasteiger partial charge on any atom is -0.466 e. The zero-order valence-electron chi connectivity index (χ0n) is 3.49. The van der Waals surface area contributed by atoms with Gasteiger partial charge in [-0.3, -0.25) is 0 Å². The zero-order chi connectivity index (χ0) is 6.78. The third-order valence-corrected chi connectivity index (χ3v) is 1.60. The van der Waals surface area contributed by atoms with Crippen molar-refractivity contribution in [2.24, 2.45) is 0 Å². The van der Waals surface area contributed by atoms with Crippen molar-refractivity contribution in [1.29, 1.82) is 0 Å². The average Bonchev–Trinajstić information content (AvgIpc) is 1.21. The highest BCUT2D eigenvalue weighted by Gasteiger charge is 2.27. The molecule has 0 saturated carbocycles. The van der Waals surface area contributed by atoms with Gasteiger partial charge < -0.3 is 10.1 Å². The van der Waals surface area contributed by atoms with E-state index in [1.165, 1.54) is 0 Å². The van der Waals surface area contributed by atoms with Crippen molar-refractivity contribution in [3.8, 4) is 0 Å². The van der Waals surface area contributed by atoms with Crippen LogP contribution >= 0.6 is 33.2 Å². The largest absolute Gasteiger partial charge is 0.466 e. The van der Waals surface area contributed by atoms with Crippen molar-refractivity contribution in [2.75, 3.05) is 0 Å². The van der Waals surface area contributed by atoms with Crippen molar-refractivity contribution in [3.63, 3.8) is 0 Å². The summed E-state index contributed by atoms with van der Waals surface area (Å²) in [6.45, 7) is 0. The standard InChI is InChI=1S/CH2Cl3NO2Si/c2-8(3,4)5-1(6)7/h5H,(H,6,7). The highest BCUT2D eigenvalue weighted by atomic mass is 35.8. The van der Waals surface area contributed by atoms with Gasteiger partial charge in [-0.15, -0.1) is 33.2 Å². The van der Waals surface area contributed by atoms with Crippen LogP contribution in [-0.4, -0.2) is 17.4 Å². The molecule has 0 radical (unpaired) electrons. The first-order valence-corrected chi connectivity index (χ1v) is 6.53. The van der Waals surface area contributed by atoms with Gasteiger partial charge in [-0.2, -0.15) is 0 Å². The predicted octanol–water partition coefficient (Wildman–Crippen LogP) is 1.41. The number of hydrogen-bond donors (Lipinski definition) is 2. The van der Waals surface area contributed by atoms with Crippen LogP contribution in [0, 0.1) is 0 Å². The molecule has 3 nitrogen and oxygen atoms in total. The first-order valence-electron chi connectivity index (χ1n) is 1.49. The van der Waals surface area contributed by atoms with Gasteiger partial charge in [0, 0.05) is 0 Å². The van der Waals surface area contributed by atoms with Crippen LogP contribution in [0.15, 0.2) is 0 Å². The summed E-state index contributed by atoms with van der Waals surface area (Å²) in [6.07, 6.45) is -4.46. The number of carbonyl (C=O) groups is 1. The second-order valence-corrected chi connectivity index (χ2v) is 9.02. The Morgan fingerprint density at radius 3 is 1.88 bits per heavy atom. The van der Waals surface area contributed by atoms with Crippen LogP contribution in [-0.2, 0) is 0 Å². The molecule has 0 aliphatic heterocycles. The molecule has 0 aliphatic carbocycles. The zero-order valence-corrected chi connectivity index (χ0v) is 6.76. The molecule has 0 aromatic heterocycles. The van der Waals surface area contributed by atoms with Gasteiger partial charge in [-0.25, -0.2) is 4.79 Å². The lowest BCUT2D eigenvalue weighted by molar-refractivity contribution is 0.201. The SMILES string of the molecule is O=C(O)N[Si](Cl)(Cl)Cl. The number of rotatable bonds is 1. The Balaban J connectivity index is 3.55. The van der Waals surface area contributed by atoms with Gasteiger partial charge >= 0.3 is 12.3 Å². The maximum atomic E-state index is 9.69. The van der Waals surface area contributed by atoms with Gasteiger partial charge in [0.15, 0.2) is 0 Å². The molecule has 48 valence electrons. The minimum atomic E-state index is -3.15. The second kappa shape index (κ2) is 2.77. The van der Waals surface area contributed by atoms with Crippen LogP contribution in [0.4, 0.5) is 4.79 Å². The molecule has 0 bridgehead atoms. The summed E-state index contributed by atoms with van der Waals surface area (Å²) in [5.74, 6) is 0. The summed E-state index contributed by atoms with van der Waals surface area (Å²) in [4.78, 5) is 11.4. The van der Waals surface area contributed by atoms with Crippen LogP contribution in [0.1, 0.15) is 0 Å². The molecule has 0 atom stereocenters. The summed E-state index contributed by atoms with van der Waals surface area (Å²) in [6, 6.07) is 0. The third kappa shape index (κ3) is 6.36. The topological polar surface area (TPSA) is 49.3 Å². The molecule has 0 saturated heterocycles. The van der Waals surface area contributed by atoms with E-state index >= 15 is 0 Å². The van der Waals surface area contributed by atoms with E-state index < -0.39 is 12.3 Å². The Kier molecular flexibility index (Phi) is 2.90. The molecule has 0 fully saturated rings. The van der Waals surface area contributed by atoms with E-state index in [0.29, 0.717) is 0 Å². The molecule has 0 spiro atoms. The number of carboxylic acid groups (broad SMARTS) is 1. The molecule has 0 unspecified atom stereocenters. The fraction of sp³-hybridized carbons (Fsp3) is 0. The van der Waals surface area contributed by atoms with Crippen LogP contribution in [0.3, 0.4) is 0 Å². The Labute approximate surface area is 60.7 Å². The smallest absolute Gasteiger partial charge is 0.457 e. The highest BCUT2D eigenvalue weighted by Crippen LogP contribution is 2.14. The normalized spacial score (nSPS) is 10.9. The Morgan fingerprint density at radius 1 is 1.50 bits per heavy atom. The van der Waals surface area contributed by atoms with E-state index in [1.807, 2.05) is 0 Å². The fourth-order valence-corrected chi connectivity index (χ4v) is 1.09. The third-order valence-electron chi connectivity index (χ3n) is 0.249. The fourth-order valence-electron chi connectivity index (χ4n) is 0.121. The molecule has 0 aliphatic rings. The molecule has 2 N–H and O–H groups in total. The molecular weight excluding hydrogens is 192 g/mol. The summed E-state index contributed by atoms with van der Waals surface area (Å²) in [7, 11) is 0. The van der Waals surface area contributed by atoms with Gasteiger partial charge in [-0.1, -0.05) is 0 Å². The van der Waals surface area contributed by atoms with E-state index in [9.17, 15) is 4.79 Å². The summed E-state index contributed by atoms with van der Waals surface area (Å²) >= 11 is 15.3. The van der Waals surface area contributed by atoms with E-state index in [0.717, 1.165) is 0 Å². The average molecular weight is 194 g/mol.